The summed E-state index contributed by atoms with van der Waals surface area (Å²) in [5, 5.41) is 16.7. The molecule has 0 saturated heterocycles. The highest BCUT2D eigenvalue weighted by Gasteiger charge is 2.15. The van der Waals surface area contributed by atoms with E-state index in [0.717, 1.165) is 0 Å². The first-order valence-corrected chi connectivity index (χ1v) is 6.35. The Hall–Kier alpha value is -0.100. The summed E-state index contributed by atoms with van der Waals surface area (Å²) >= 11 is 0. The Bertz CT molecular complexity index is 145. The van der Waals surface area contributed by atoms with Gasteiger partial charge < -0.3 is 15.1 Å². The molecule has 0 heterocycles. The van der Waals surface area contributed by atoms with E-state index in [9.17, 15) is 4.57 Å². The molecule has 0 bridgehead atoms. The number of likely N-dealkylation sites (N-methyl/N-ethyl adjacent to an activating group) is 1. The van der Waals surface area contributed by atoms with Gasteiger partial charge in [0.05, 0.1) is 13.2 Å². The maximum Gasteiger partial charge on any atom is 0.697 e. The van der Waals surface area contributed by atoms with Crippen LogP contribution in [0.5, 0.6) is 0 Å². The molecule has 0 unspecified atom stereocenters. The SMILES string of the molecule is CCO[P+](=O)OCC.CN(CCO)CCO. The second-order valence-corrected chi connectivity index (χ2v) is 3.77. The summed E-state index contributed by atoms with van der Waals surface area (Å²) in [7, 11) is 0.0228. The molecule has 0 aliphatic heterocycles. The summed E-state index contributed by atoms with van der Waals surface area (Å²) in [6, 6.07) is 0. The predicted octanol–water partition coefficient (Wildman–Crippen LogP) is 0.620. The lowest BCUT2D eigenvalue weighted by Gasteiger charge is -2.11. The van der Waals surface area contributed by atoms with Crippen LogP contribution in [0, 0.1) is 0 Å². The lowest BCUT2D eigenvalue weighted by atomic mass is 10.5. The van der Waals surface area contributed by atoms with Crippen molar-refractivity contribution >= 4 is 8.25 Å². The number of aliphatic hydroxyl groups is 2. The topological polar surface area (TPSA) is 79.2 Å². The van der Waals surface area contributed by atoms with Crippen molar-refractivity contribution in [1.82, 2.24) is 4.90 Å². The zero-order valence-corrected chi connectivity index (χ0v) is 11.2. The average Bonchev–Trinajstić information content (AvgIpc) is 2.20. The zero-order chi connectivity index (χ0) is 12.8. The summed E-state index contributed by atoms with van der Waals surface area (Å²) in [6.45, 7) is 6.02. The average molecular weight is 256 g/mol. The van der Waals surface area contributed by atoms with Gasteiger partial charge in [0, 0.05) is 17.7 Å². The highest BCUT2D eigenvalue weighted by atomic mass is 31.1. The zero-order valence-electron chi connectivity index (χ0n) is 10.3. The maximum atomic E-state index is 10.3. The smallest absolute Gasteiger partial charge is 0.395 e. The summed E-state index contributed by atoms with van der Waals surface area (Å²) in [5.74, 6) is 0. The first kappa shape index (κ1) is 18.3. The Morgan fingerprint density at radius 3 is 1.69 bits per heavy atom. The van der Waals surface area contributed by atoms with E-state index in [1.807, 2.05) is 11.9 Å². The third-order valence-corrected chi connectivity index (χ3v) is 2.37. The molecule has 98 valence electrons. The lowest BCUT2D eigenvalue weighted by molar-refractivity contribution is 0.184. The van der Waals surface area contributed by atoms with Crippen LogP contribution in [0.25, 0.3) is 0 Å². The summed E-state index contributed by atoms with van der Waals surface area (Å²) in [4.78, 5) is 1.86. The van der Waals surface area contributed by atoms with Crippen LogP contribution in [0.4, 0.5) is 0 Å². The minimum Gasteiger partial charge on any atom is -0.395 e. The van der Waals surface area contributed by atoms with Crippen LogP contribution in [0.2, 0.25) is 0 Å². The van der Waals surface area contributed by atoms with E-state index in [-0.39, 0.29) is 13.2 Å². The standard InChI is InChI=1S/C5H13NO2.C4H10O3P/c1-6(2-4-7)3-5-8;1-3-6-8(5)7-4-2/h7-8H,2-5H2,1H3;3-4H2,1-2H3/q;+1. The second-order valence-electron chi connectivity index (χ2n) is 2.81. The molecule has 0 amide bonds. The van der Waals surface area contributed by atoms with E-state index in [1.165, 1.54) is 0 Å². The number of hydrogen-bond donors (Lipinski definition) is 2. The molecule has 0 saturated carbocycles. The van der Waals surface area contributed by atoms with E-state index in [2.05, 4.69) is 9.05 Å². The van der Waals surface area contributed by atoms with Crippen LogP contribution < -0.4 is 0 Å². The highest BCUT2D eigenvalue weighted by Crippen LogP contribution is 2.21. The molecule has 2 N–H and O–H groups in total. The molecule has 7 heteroatoms. The van der Waals surface area contributed by atoms with Gasteiger partial charge in [-0.1, -0.05) is 0 Å². The molecule has 0 atom stereocenters. The molecule has 0 rings (SSSR count). The molecule has 0 spiro atoms. The molecule has 0 aromatic rings. The van der Waals surface area contributed by atoms with Gasteiger partial charge in [0.2, 0.25) is 0 Å². The van der Waals surface area contributed by atoms with Gasteiger partial charge in [-0.15, -0.1) is 9.05 Å². The van der Waals surface area contributed by atoms with Crippen LogP contribution in [0.3, 0.4) is 0 Å². The first-order chi connectivity index (χ1) is 7.62. The fourth-order valence-electron chi connectivity index (χ4n) is 0.701. The molecule has 0 aliphatic rings. The van der Waals surface area contributed by atoms with E-state index in [1.54, 1.807) is 13.8 Å². The molecule has 0 fully saturated rings. The van der Waals surface area contributed by atoms with Crippen LogP contribution in [0.15, 0.2) is 0 Å². The fourth-order valence-corrected chi connectivity index (χ4v) is 1.20. The van der Waals surface area contributed by atoms with Gasteiger partial charge in [0.1, 0.15) is 13.2 Å². The fraction of sp³-hybridized carbons (Fsp3) is 1.00. The van der Waals surface area contributed by atoms with Crippen molar-refractivity contribution in [1.29, 1.82) is 0 Å². The van der Waals surface area contributed by atoms with E-state index in [0.29, 0.717) is 26.3 Å². The van der Waals surface area contributed by atoms with Crippen molar-refractivity contribution in [3.8, 4) is 0 Å². The Balaban J connectivity index is 0. The minimum atomic E-state index is -1.83. The Morgan fingerprint density at radius 2 is 1.44 bits per heavy atom. The molecule has 0 aliphatic carbocycles. The lowest BCUT2D eigenvalue weighted by Crippen LogP contribution is -2.25. The van der Waals surface area contributed by atoms with Crippen LogP contribution in [-0.4, -0.2) is 61.7 Å². The summed E-state index contributed by atoms with van der Waals surface area (Å²) < 4.78 is 19.5. The van der Waals surface area contributed by atoms with Gasteiger partial charge in [0.15, 0.2) is 0 Å². The van der Waals surface area contributed by atoms with E-state index < -0.39 is 8.25 Å². The van der Waals surface area contributed by atoms with Crippen LogP contribution in [0.1, 0.15) is 13.8 Å². The van der Waals surface area contributed by atoms with Crippen molar-refractivity contribution in [3.63, 3.8) is 0 Å². The van der Waals surface area contributed by atoms with Gasteiger partial charge in [-0.2, -0.15) is 0 Å². The Morgan fingerprint density at radius 1 is 1.06 bits per heavy atom. The first-order valence-electron chi connectivity index (χ1n) is 5.25. The third kappa shape index (κ3) is 16.3. The number of aliphatic hydroxyl groups excluding tert-OH is 2. The molecular formula is C9H23NO5P+. The third-order valence-electron chi connectivity index (χ3n) is 1.43. The quantitative estimate of drug-likeness (QED) is 0.620. The molecule has 16 heavy (non-hydrogen) atoms. The monoisotopic (exact) mass is 256 g/mol. The van der Waals surface area contributed by atoms with Gasteiger partial charge in [-0.05, 0) is 20.9 Å². The van der Waals surface area contributed by atoms with Gasteiger partial charge >= 0.3 is 8.25 Å². The van der Waals surface area contributed by atoms with Gasteiger partial charge in [-0.25, -0.2) is 0 Å². The minimum absolute atomic E-state index is 0.163. The van der Waals surface area contributed by atoms with Crippen LogP contribution in [-0.2, 0) is 13.6 Å². The molecule has 0 aromatic heterocycles. The number of hydrogen-bond acceptors (Lipinski definition) is 6. The summed E-state index contributed by atoms with van der Waals surface area (Å²) in [5.41, 5.74) is 0. The van der Waals surface area contributed by atoms with Crippen molar-refractivity contribution in [2.24, 2.45) is 0 Å². The van der Waals surface area contributed by atoms with Crippen molar-refractivity contribution in [2.45, 2.75) is 13.8 Å². The molecular weight excluding hydrogens is 233 g/mol. The molecule has 0 radical (unpaired) electrons. The maximum absolute atomic E-state index is 10.3. The summed E-state index contributed by atoms with van der Waals surface area (Å²) in [6.07, 6.45) is 0. The second kappa shape index (κ2) is 14.9. The molecule has 6 nitrogen and oxygen atoms in total. The highest BCUT2D eigenvalue weighted by molar-refractivity contribution is 7.33. The van der Waals surface area contributed by atoms with Crippen LogP contribution >= 0.6 is 8.25 Å². The predicted molar refractivity (Wildman–Crippen MR) is 62.5 cm³/mol. The largest absolute Gasteiger partial charge is 0.697 e. The van der Waals surface area contributed by atoms with Gasteiger partial charge in [-0.3, -0.25) is 0 Å². The Labute approximate surface area is 98.1 Å². The van der Waals surface area contributed by atoms with Crippen molar-refractivity contribution < 1.29 is 23.8 Å². The normalized spacial score (nSPS) is 9.88. The van der Waals surface area contributed by atoms with Crippen molar-refractivity contribution in [3.05, 3.63) is 0 Å². The van der Waals surface area contributed by atoms with Crippen molar-refractivity contribution in [2.75, 3.05) is 46.6 Å². The number of nitrogens with zero attached hydrogens (tertiary/aromatic N) is 1. The Kier molecular flexibility index (Phi) is 17.0. The van der Waals surface area contributed by atoms with E-state index >= 15 is 0 Å². The number of rotatable bonds is 8. The van der Waals surface area contributed by atoms with Gasteiger partial charge in [0.25, 0.3) is 0 Å². The van der Waals surface area contributed by atoms with E-state index in [4.69, 9.17) is 10.2 Å². The molecule has 0 aromatic carbocycles.